The largest absolute Gasteiger partial charge is 0.462 e. The average molecular weight is 439 g/mol. The van der Waals surface area contributed by atoms with E-state index in [0.717, 1.165) is 12.1 Å². The van der Waals surface area contributed by atoms with Crippen molar-refractivity contribution in [3.8, 4) is 11.4 Å². The Morgan fingerprint density at radius 2 is 2.07 bits per heavy atom. The second-order valence-corrected chi connectivity index (χ2v) is 7.97. The minimum Gasteiger partial charge on any atom is -0.462 e. The molecule has 0 saturated carbocycles. The van der Waals surface area contributed by atoms with E-state index in [1.165, 1.54) is 12.1 Å². The fourth-order valence-electron chi connectivity index (χ4n) is 2.50. The first kappa shape index (κ1) is 20.7. The molecule has 0 bridgehead atoms. The molecule has 2 N–H and O–H groups in total. The van der Waals surface area contributed by atoms with Crippen LogP contribution in [-0.4, -0.2) is 36.2 Å². The highest BCUT2D eigenvalue weighted by atomic mass is 35.5. The van der Waals surface area contributed by atoms with Crippen LogP contribution in [-0.2, 0) is 14.8 Å². The van der Waals surface area contributed by atoms with Crippen molar-refractivity contribution in [2.75, 3.05) is 11.3 Å². The van der Waals surface area contributed by atoms with Crippen molar-refractivity contribution in [1.29, 1.82) is 0 Å². The van der Waals surface area contributed by atoms with Crippen LogP contribution in [0.4, 0.5) is 10.1 Å². The number of benzene rings is 2. The molecule has 3 rings (SSSR count). The number of aromatic amines is 1. The average Bonchev–Trinajstić information content (AvgIpc) is 3.08. The molecule has 0 aliphatic heterocycles. The third-order valence-corrected chi connectivity index (χ3v) is 5.49. The predicted molar refractivity (Wildman–Crippen MR) is 105 cm³/mol. The molecule has 0 saturated heterocycles. The van der Waals surface area contributed by atoms with Gasteiger partial charge in [-0.25, -0.2) is 22.6 Å². The summed E-state index contributed by atoms with van der Waals surface area (Å²) < 4.78 is 46.9. The minimum atomic E-state index is -4.37. The fourth-order valence-corrected chi connectivity index (χ4v) is 3.87. The minimum absolute atomic E-state index is 0.0559. The molecular formula is C18H16ClFN4O4S. The molecule has 152 valence electrons. The van der Waals surface area contributed by atoms with Gasteiger partial charge >= 0.3 is 5.97 Å². The van der Waals surface area contributed by atoms with Gasteiger partial charge in [-0.2, -0.15) is 5.10 Å². The molecule has 0 fully saturated rings. The quantitative estimate of drug-likeness (QED) is 0.569. The summed E-state index contributed by atoms with van der Waals surface area (Å²) in [6.07, 6.45) is 0. The van der Waals surface area contributed by atoms with Crippen LogP contribution in [0, 0.1) is 12.7 Å². The van der Waals surface area contributed by atoms with Crippen LogP contribution in [0.2, 0.25) is 5.02 Å². The predicted octanol–water partition coefficient (Wildman–Crippen LogP) is 3.55. The van der Waals surface area contributed by atoms with Crippen molar-refractivity contribution in [2.24, 2.45) is 0 Å². The smallest absolute Gasteiger partial charge is 0.339 e. The second-order valence-electron chi connectivity index (χ2n) is 5.91. The number of ether oxygens (including phenoxy) is 1. The molecule has 11 heteroatoms. The third-order valence-electron chi connectivity index (χ3n) is 3.78. The Kier molecular flexibility index (Phi) is 5.85. The summed E-state index contributed by atoms with van der Waals surface area (Å²) in [4.78, 5) is 15.4. The van der Waals surface area contributed by atoms with E-state index < -0.39 is 26.7 Å². The van der Waals surface area contributed by atoms with Crippen molar-refractivity contribution in [3.05, 3.63) is 58.6 Å². The normalized spacial score (nSPS) is 11.3. The van der Waals surface area contributed by atoms with Gasteiger partial charge in [0.15, 0.2) is 5.82 Å². The van der Waals surface area contributed by atoms with Gasteiger partial charge in [-0.05, 0) is 38.1 Å². The number of aromatic nitrogens is 3. The molecule has 0 aliphatic rings. The molecule has 0 amide bonds. The summed E-state index contributed by atoms with van der Waals surface area (Å²) in [7, 11) is -4.37. The first-order chi connectivity index (χ1) is 13.7. The van der Waals surface area contributed by atoms with Gasteiger partial charge in [0.1, 0.15) is 16.5 Å². The van der Waals surface area contributed by atoms with Crippen LogP contribution in [0.5, 0.6) is 0 Å². The Bertz CT molecular complexity index is 1180. The van der Waals surface area contributed by atoms with Crippen LogP contribution in [0.15, 0.2) is 41.3 Å². The highest BCUT2D eigenvalue weighted by Crippen LogP contribution is 2.27. The molecule has 3 aromatic rings. The lowest BCUT2D eigenvalue weighted by Crippen LogP contribution is -2.16. The van der Waals surface area contributed by atoms with E-state index in [0.29, 0.717) is 17.2 Å². The van der Waals surface area contributed by atoms with Gasteiger partial charge in [0, 0.05) is 11.3 Å². The molecule has 1 heterocycles. The number of halogens is 2. The second kappa shape index (κ2) is 8.18. The first-order valence-corrected chi connectivity index (χ1v) is 10.3. The molecular weight excluding hydrogens is 423 g/mol. The lowest BCUT2D eigenvalue weighted by atomic mass is 10.2. The Hall–Kier alpha value is -2.98. The number of rotatable bonds is 6. The lowest BCUT2D eigenvalue weighted by molar-refractivity contribution is 0.0526. The number of carbonyl (C=O) groups excluding carboxylic acids is 1. The molecule has 0 unspecified atom stereocenters. The van der Waals surface area contributed by atoms with Crippen LogP contribution >= 0.6 is 11.6 Å². The van der Waals surface area contributed by atoms with E-state index in [1.54, 1.807) is 26.0 Å². The molecule has 8 nitrogen and oxygen atoms in total. The fraction of sp³-hybridized carbons (Fsp3) is 0.167. The lowest BCUT2D eigenvalue weighted by Gasteiger charge is -2.12. The number of nitrogens with one attached hydrogen (secondary N) is 2. The van der Waals surface area contributed by atoms with E-state index >= 15 is 0 Å². The summed E-state index contributed by atoms with van der Waals surface area (Å²) in [6.45, 7) is 3.37. The summed E-state index contributed by atoms with van der Waals surface area (Å²) in [6, 6.07) is 7.89. The monoisotopic (exact) mass is 438 g/mol. The molecule has 1 aromatic heterocycles. The number of aryl methyl sites for hydroxylation is 1. The van der Waals surface area contributed by atoms with Crippen LogP contribution < -0.4 is 4.72 Å². The molecule has 2 aromatic carbocycles. The van der Waals surface area contributed by atoms with Crippen molar-refractivity contribution in [1.82, 2.24) is 15.2 Å². The maximum atomic E-state index is 14.3. The Labute approximate surface area is 171 Å². The van der Waals surface area contributed by atoms with Gasteiger partial charge in [0.25, 0.3) is 10.0 Å². The summed E-state index contributed by atoms with van der Waals surface area (Å²) in [5.74, 6) is -0.973. The summed E-state index contributed by atoms with van der Waals surface area (Å²) in [5, 5.41) is 6.46. The highest BCUT2D eigenvalue weighted by molar-refractivity contribution is 7.92. The van der Waals surface area contributed by atoms with Crippen molar-refractivity contribution in [2.45, 2.75) is 18.7 Å². The van der Waals surface area contributed by atoms with Crippen LogP contribution in [0.1, 0.15) is 23.1 Å². The number of hydrogen-bond donors (Lipinski definition) is 2. The standard InChI is InChI=1S/C18H16ClFN4O4S/c1-3-28-18(25)13-8-16(15(20)9-14(13)19)29(26,27)24-12-6-4-5-11(7-12)17-21-10(2)22-23-17/h4-9,24H,3H2,1-2H3,(H,21,22,23). The number of hydrogen-bond acceptors (Lipinski definition) is 6. The van der Waals surface area contributed by atoms with Gasteiger partial charge in [0.05, 0.1) is 17.2 Å². The van der Waals surface area contributed by atoms with E-state index in [1.807, 2.05) is 0 Å². The molecule has 0 spiro atoms. The van der Waals surface area contributed by atoms with Gasteiger partial charge in [-0.3, -0.25) is 9.82 Å². The van der Waals surface area contributed by atoms with Crippen LogP contribution in [0.3, 0.4) is 0 Å². The maximum absolute atomic E-state index is 14.3. The van der Waals surface area contributed by atoms with Gasteiger partial charge in [-0.15, -0.1) is 0 Å². The molecule has 0 atom stereocenters. The van der Waals surface area contributed by atoms with Crippen LogP contribution in [0.25, 0.3) is 11.4 Å². The SMILES string of the molecule is CCOC(=O)c1cc(S(=O)(=O)Nc2cccc(-c3n[nH]c(C)n3)c2)c(F)cc1Cl. The zero-order chi connectivity index (χ0) is 21.2. The third kappa shape index (κ3) is 4.54. The number of nitrogens with zero attached hydrogens (tertiary/aromatic N) is 2. The number of esters is 1. The van der Waals surface area contributed by atoms with Crippen molar-refractivity contribution >= 4 is 33.3 Å². The Balaban J connectivity index is 1.96. The van der Waals surface area contributed by atoms with E-state index in [-0.39, 0.29) is 22.9 Å². The number of H-pyrrole nitrogens is 1. The van der Waals surface area contributed by atoms with Gasteiger partial charge in [0.2, 0.25) is 0 Å². The molecule has 0 aliphatic carbocycles. The van der Waals surface area contributed by atoms with Gasteiger partial charge < -0.3 is 4.74 Å². The number of carbonyl (C=O) groups is 1. The summed E-state index contributed by atoms with van der Waals surface area (Å²) in [5.41, 5.74) is 0.468. The van der Waals surface area contributed by atoms with Gasteiger partial charge in [-0.1, -0.05) is 23.7 Å². The highest BCUT2D eigenvalue weighted by Gasteiger charge is 2.24. The van der Waals surface area contributed by atoms with E-state index in [2.05, 4.69) is 19.9 Å². The topological polar surface area (TPSA) is 114 Å². The van der Waals surface area contributed by atoms with E-state index in [4.69, 9.17) is 16.3 Å². The Morgan fingerprint density at radius 1 is 1.31 bits per heavy atom. The summed E-state index contributed by atoms with van der Waals surface area (Å²) >= 11 is 5.86. The zero-order valence-electron chi connectivity index (χ0n) is 15.4. The molecule has 29 heavy (non-hydrogen) atoms. The zero-order valence-corrected chi connectivity index (χ0v) is 16.9. The van der Waals surface area contributed by atoms with Crippen molar-refractivity contribution < 1.29 is 22.3 Å². The molecule has 0 radical (unpaired) electrons. The number of anilines is 1. The Morgan fingerprint density at radius 3 is 2.72 bits per heavy atom. The number of sulfonamides is 1. The van der Waals surface area contributed by atoms with Crippen molar-refractivity contribution in [3.63, 3.8) is 0 Å². The first-order valence-electron chi connectivity index (χ1n) is 8.39. The van der Waals surface area contributed by atoms with E-state index in [9.17, 15) is 17.6 Å². The maximum Gasteiger partial charge on any atom is 0.339 e.